The fraction of sp³-hybridized carbons (Fsp3) is 0.435. The number of hydrogen-bond acceptors (Lipinski definition) is 5. The van der Waals surface area contributed by atoms with E-state index in [-0.39, 0.29) is 12.0 Å². The third-order valence-electron chi connectivity index (χ3n) is 4.62. The smallest absolute Gasteiger partial charge is 0.260 e. The Balaban J connectivity index is 1.75. The zero-order valence-electron chi connectivity index (χ0n) is 18.8. The molecule has 0 aliphatic carbocycles. The first-order valence-electron chi connectivity index (χ1n) is 10.3. The lowest BCUT2D eigenvalue weighted by atomic mass is 10.1. The van der Waals surface area contributed by atoms with Crippen molar-refractivity contribution in [2.24, 2.45) is 0 Å². The van der Waals surface area contributed by atoms with Crippen LogP contribution in [0.15, 0.2) is 48.5 Å². The van der Waals surface area contributed by atoms with E-state index in [9.17, 15) is 13.2 Å². The van der Waals surface area contributed by atoms with Crippen LogP contribution in [0.1, 0.15) is 32.8 Å². The summed E-state index contributed by atoms with van der Waals surface area (Å²) in [5, 5.41) is 2.88. The van der Waals surface area contributed by atoms with Gasteiger partial charge in [-0.15, -0.1) is 0 Å². The number of nitrogens with one attached hydrogen (secondary N) is 1. The Kier molecular flexibility index (Phi) is 8.74. The van der Waals surface area contributed by atoms with Gasteiger partial charge in [0.25, 0.3) is 5.91 Å². The number of carbonyl (C=O) groups is 1. The maximum Gasteiger partial charge on any atom is 0.260 e. The van der Waals surface area contributed by atoms with E-state index >= 15 is 0 Å². The van der Waals surface area contributed by atoms with Crippen molar-refractivity contribution >= 4 is 21.6 Å². The Morgan fingerprint density at radius 1 is 0.968 bits per heavy atom. The normalized spacial score (nSPS) is 12.3. The van der Waals surface area contributed by atoms with E-state index in [1.54, 1.807) is 31.2 Å². The summed E-state index contributed by atoms with van der Waals surface area (Å²) in [6.07, 6.45) is 2.30. The zero-order chi connectivity index (χ0) is 23.0. The molecule has 2 aromatic carbocycles. The Bertz CT molecular complexity index is 941. The molecular formula is C23H32N2O5S. The monoisotopic (exact) mass is 448 g/mol. The Hall–Kier alpha value is -2.74. The minimum absolute atomic E-state index is 0.150. The van der Waals surface area contributed by atoms with Crippen molar-refractivity contribution < 1.29 is 22.7 Å². The number of hydrogen-bond donors (Lipinski definition) is 1. The topological polar surface area (TPSA) is 84.9 Å². The highest BCUT2D eigenvalue weighted by molar-refractivity contribution is 7.92. The number of sulfonamides is 1. The van der Waals surface area contributed by atoms with Crippen LogP contribution in [0.5, 0.6) is 11.5 Å². The van der Waals surface area contributed by atoms with Crippen LogP contribution in [0.4, 0.5) is 5.69 Å². The van der Waals surface area contributed by atoms with E-state index in [0.29, 0.717) is 18.0 Å². The van der Waals surface area contributed by atoms with Gasteiger partial charge in [0.05, 0.1) is 18.0 Å². The highest BCUT2D eigenvalue weighted by Gasteiger charge is 2.15. The number of nitrogens with zero attached hydrogens (tertiary/aromatic N) is 1. The molecule has 2 aromatic rings. The van der Waals surface area contributed by atoms with Crippen LogP contribution in [0.25, 0.3) is 0 Å². The highest BCUT2D eigenvalue weighted by Crippen LogP contribution is 2.21. The van der Waals surface area contributed by atoms with Gasteiger partial charge >= 0.3 is 0 Å². The van der Waals surface area contributed by atoms with Crippen molar-refractivity contribution in [2.75, 3.05) is 24.2 Å². The third-order valence-corrected chi connectivity index (χ3v) is 5.82. The first-order chi connectivity index (χ1) is 14.6. The fourth-order valence-corrected chi connectivity index (χ4v) is 3.34. The van der Waals surface area contributed by atoms with Crippen molar-refractivity contribution in [2.45, 2.75) is 45.8 Å². The number of anilines is 1. The van der Waals surface area contributed by atoms with Gasteiger partial charge < -0.3 is 14.8 Å². The summed E-state index contributed by atoms with van der Waals surface area (Å²) in [6, 6.07) is 14.6. The van der Waals surface area contributed by atoms with Gasteiger partial charge in [0.2, 0.25) is 10.0 Å². The first-order valence-corrected chi connectivity index (χ1v) is 12.1. The Labute approximate surface area is 185 Å². The predicted octanol–water partition coefficient (Wildman–Crippen LogP) is 3.39. The molecule has 0 spiro atoms. The second kappa shape index (κ2) is 11.0. The van der Waals surface area contributed by atoms with Gasteiger partial charge in [0.15, 0.2) is 6.10 Å². The minimum atomic E-state index is -3.32. The predicted molar refractivity (Wildman–Crippen MR) is 123 cm³/mol. The molecule has 0 aromatic heterocycles. The van der Waals surface area contributed by atoms with Crippen molar-refractivity contribution in [3.05, 3.63) is 54.1 Å². The molecule has 1 amide bonds. The Morgan fingerprint density at radius 3 is 2.06 bits per heavy atom. The van der Waals surface area contributed by atoms with Crippen LogP contribution < -0.4 is 19.1 Å². The van der Waals surface area contributed by atoms with Gasteiger partial charge in [-0.05, 0) is 75.6 Å². The summed E-state index contributed by atoms with van der Waals surface area (Å²) in [5.41, 5.74) is 1.71. The molecule has 2 rings (SSSR count). The van der Waals surface area contributed by atoms with Gasteiger partial charge in [0.1, 0.15) is 11.5 Å². The second-order valence-corrected chi connectivity index (χ2v) is 9.70. The molecule has 1 N–H and O–H groups in total. The van der Waals surface area contributed by atoms with Crippen LogP contribution in [-0.2, 0) is 21.2 Å². The van der Waals surface area contributed by atoms with Gasteiger partial charge in [-0.25, -0.2) is 8.42 Å². The number of benzene rings is 2. The number of carbonyl (C=O) groups excluding carboxylic acids is 1. The van der Waals surface area contributed by atoms with Gasteiger partial charge in [0, 0.05) is 13.6 Å². The fourth-order valence-electron chi connectivity index (χ4n) is 2.84. The van der Waals surface area contributed by atoms with Gasteiger partial charge in [-0.1, -0.05) is 12.1 Å². The van der Waals surface area contributed by atoms with Crippen molar-refractivity contribution in [3.8, 4) is 11.5 Å². The third kappa shape index (κ3) is 8.13. The van der Waals surface area contributed by atoms with E-state index in [1.807, 2.05) is 38.1 Å². The lowest BCUT2D eigenvalue weighted by Crippen LogP contribution is -2.36. The van der Waals surface area contributed by atoms with Crippen molar-refractivity contribution in [1.82, 2.24) is 5.32 Å². The van der Waals surface area contributed by atoms with E-state index in [2.05, 4.69) is 5.32 Å². The van der Waals surface area contributed by atoms with Crippen LogP contribution >= 0.6 is 0 Å². The highest BCUT2D eigenvalue weighted by atomic mass is 32.2. The maximum absolute atomic E-state index is 12.3. The van der Waals surface area contributed by atoms with Gasteiger partial charge in [-0.3, -0.25) is 9.10 Å². The molecule has 0 radical (unpaired) electrons. The quantitative estimate of drug-likeness (QED) is 0.533. The molecule has 0 aliphatic rings. The lowest BCUT2D eigenvalue weighted by molar-refractivity contribution is -0.127. The minimum Gasteiger partial charge on any atom is -0.491 e. The van der Waals surface area contributed by atoms with E-state index in [1.165, 1.54) is 16.9 Å². The largest absolute Gasteiger partial charge is 0.491 e. The van der Waals surface area contributed by atoms with E-state index in [4.69, 9.17) is 9.47 Å². The molecule has 1 unspecified atom stereocenters. The van der Waals surface area contributed by atoms with Crippen LogP contribution in [0, 0.1) is 0 Å². The molecule has 31 heavy (non-hydrogen) atoms. The molecule has 0 bridgehead atoms. The number of rotatable bonds is 11. The summed E-state index contributed by atoms with van der Waals surface area (Å²) >= 11 is 0. The summed E-state index contributed by atoms with van der Waals surface area (Å²) in [6.45, 7) is 6.22. The summed E-state index contributed by atoms with van der Waals surface area (Å²) in [7, 11) is -1.84. The zero-order valence-corrected chi connectivity index (χ0v) is 19.6. The van der Waals surface area contributed by atoms with E-state index < -0.39 is 16.1 Å². The molecular weight excluding hydrogens is 416 g/mol. The SMILES string of the molecule is CC(C)Oc1ccc(CCCNC(=O)C(C)Oc2ccc(N(C)S(C)(=O)=O)cc2)cc1. The van der Waals surface area contributed by atoms with E-state index in [0.717, 1.165) is 24.8 Å². The molecule has 1 atom stereocenters. The number of amides is 1. The Morgan fingerprint density at radius 2 is 1.52 bits per heavy atom. The molecule has 0 fully saturated rings. The standard InChI is InChI=1S/C23H32N2O5S/c1-17(2)29-21-12-8-19(9-13-21)7-6-16-24-23(26)18(3)30-22-14-10-20(11-15-22)25(4)31(5,27)28/h8-15,17-18H,6-7,16H2,1-5H3,(H,24,26). The first kappa shape index (κ1) is 24.5. The van der Waals surface area contributed by atoms with Crippen LogP contribution in [0.3, 0.4) is 0 Å². The number of aryl methyl sites for hydroxylation is 1. The molecule has 7 nitrogen and oxygen atoms in total. The summed E-state index contributed by atoms with van der Waals surface area (Å²) < 4.78 is 35.7. The second-order valence-electron chi connectivity index (χ2n) is 7.69. The van der Waals surface area contributed by atoms with Crippen LogP contribution in [-0.4, -0.2) is 46.4 Å². The van der Waals surface area contributed by atoms with Crippen molar-refractivity contribution in [1.29, 1.82) is 0 Å². The van der Waals surface area contributed by atoms with Crippen LogP contribution in [0.2, 0.25) is 0 Å². The average molecular weight is 449 g/mol. The molecule has 0 saturated carbocycles. The molecule has 8 heteroatoms. The molecule has 0 heterocycles. The summed E-state index contributed by atoms with van der Waals surface area (Å²) in [5.74, 6) is 1.16. The lowest BCUT2D eigenvalue weighted by Gasteiger charge is -2.18. The maximum atomic E-state index is 12.3. The summed E-state index contributed by atoms with van der Waals surface area (Å²) in [4.78, 5) is 12.3. The van der Waals surface area contributed by atoms with Crippen molar-refractivity contribution in [3.63, 3.8) is 0 Å². The average Bonchev–Trinajstić information content (AvgIpc) is 2.71. The molecule has 0 saturated heterocycles. The molecule has 170 valence electrons. The number of ether oxygens (including phenoxy) is 2. The molecule has 0 aliphatic heterocycles. The van der Waals surface area contributed by atoms with Gasteiger partial charge in [-0.2, -0.15) is 0 Å².